The van der Waals surface area contributed by atoms with Crippen molar-refractivity contribution in [2.75, 3.05) is 6.61 Å². The molecule has 1 heterocycles. The third-order valence-corrected chi connectivity index (χ3v) is 8.88. The molecule has 6 aromatic rings. The van der Waals surface area contributed by atoms with Crippen molar-refractivity contribution in [1.82, 2.24) is 9.55 Å². The molecule has 5 heteroatoms. The van der Waals surface area contributed by atoms with E-state index in [0.29, 0.717) is 16.1 Å². The highest BCUT2D eigenvalue weighted by molar-refractivity contribution is 6.57. The van der Waals surface area contributed by atoms with E-state index in [1.165, 1.54) is 16.3 Å². The Hall–Kier alpha value is -4.87. The number of hydrogen-bond donors (Lipinski definition) is 0. The molecule has 0 spiro atoms. The van der Waals surface area contributed by atoms with Crippen molar-refractivity contribution in [2.24, 2.45) is 0 Å². The lowest BCUT2D eigenvalue weighted by atomic mass is 9.92. The fourth-order valence-corrected chi connectivity index (χ4v) is 6.82. The largest absolute Gasteiger partial charge is 0.494 e. The van der Waals surface area contributed by atoms with E-state index in [-0.39, 0.29) is 5.16 Å². The summed E-state index contributed by atoms with van der Waals surface area (Å²) in [5, 5.41) is 0.872. The van der Waals surface area contributed by atoms with Crippen LogP contribution in [0.25, 0.3) is 5.57 Å². The number of rotatable bonds is 9. The number of aromatic nitrogens is 2. The van der Waals surface area contributed by atoms with Crippen molar-refractivity contribution in [3.8, 4) is 5.75 Å². The van der Waals surface area contributed by atoms with Gasteiger partial charge in [0.2, 0.25) is 0 Å². The zero-order chi connectivity index (χ0) is 29.7. The van der Waals surface area contributed by atoms with Crippen LogP contribution in [0.5, 0.6) is 5.75 Å². The zero-order valence-electron chi connectivity index (χ0n) is 24.3. The van der Waals surface area contributed by atoms with Crippen molar-refractivity contribution in [3.05, 3.63) is 193 Å². The van der Waals surface area contributed by atoms with E-state index in [1.54, 1.807) is 5.98 Å². The minimum Gasteiger partial charge on any atom is -0.494 e. The van der Waals surface area contributed by atoms with E-state index in [1.807, 2.05) is 61.9 Å². The van der Waals surface area contributed by atoms with Crippen molar-refractivity contribution in [3.63, 3.8) is 0 Å². The molecule has 0 unspecified atom stereocenters. The lowest BCUT2D eigenvalue weighted by molar-refractivity contribution is 0.340. The molecule has 4 radical (unpaired) electrons. The molecular weight excluding hydrogens is 539 g/mol. The molecule has 0 fully saturated rings. The average molecular weight is 573 g/mol. The van der Waals surface area contributed by atoms with Gasteiger partial charge in [0.1, 0.15) is 23.1 Å². The van der Waals surface area contributed by atoms with E-state index >= 15 is 0 Å². The number of ether oxygens (including phenoxy) is 1. The summed E-state index contributed by atoms with van der Waals surface area (Å²) in [5.41, 5.74) is 5.83. The minimum atomic E-state index is -0.371. The third kappa shape index (κ3) is 7.14. The minimum absolute atomic E-state index is 0.371. The quantitative estimate of drug-likeness (QED) is 0.170. The highest BCUT2D eigenvalue weighted by Gasteiger charge is 2.37. The second-order valence-electron chi connectivity index (χ2n) is 9.81. The van der Waals surface area contributed by atoms with Crippen LogP contribution in [0.2, 0.25) is 0 Å². The highest BCUT2D eigenvalue weighted by atomic mass is 28.2. The van der Waals surface area contributed by atoms with Gasteiger partial charge in [-0.25, -0.2) is 4.98 Å². The zero-order valence-corrected chi connectivity index (χ0v) is 25.3. The number of benzene rings is 5. The maximum absolute atomic E-state index is 5.75. The van der Waals surface area contributed by atoms with Crippen molar-refractivity contribution >= 4 is 28.1 Å². The molecule has 0 aliphatic heterocycles. The van der Waals surface area contributed by atoms with Gasteiger partial charge in [0.15, 0.2) is 0 Å². The van der Waals surface area contributed by atoms with Gasteiger partial charge < -0.3 is 9.30 Å². The number of hydrogen-bond acceptors (Lipinski definition) is 2. The van der Waals surface area contributed by atoms with Crippen LogP contribution in [0.1, 0.15) is 29.2 Å². The van der Waals surface area contributed by atoms with Gasteiger partial charge in [0.25, 0.3) is 0 Å². The molecule has 1 aromatic heterocycles. The van der Waals surface area contributed by atoms with Gasteiger partial charge in [-0.05, 0) is 46.9 Å². The molecule has 0 amide bonds. The molecule has 5 aromatic carbocycles. The predicted molar refractivity (Wildman–Crippen MR) is 180 cm³/mol. The summed E-state index contributed by atoms with van der Waals surface area (Å²) >= 11 is 0. The molecule has 6 rings (SSSR count). The van der Waals surface area contributed by atoms with Gasteiger partial charge >= 0.3 is 0 Å². The summed E-state index contributed by atoms with van der Waals surface area (Å²) in [5.74, 6) is 2.57. The Balaban J connectivity index is 0.000000207. The predicted octanol–water partition coefficient (Wildman–Crippen LogP) is 7.31. The lowest BCUT2D eigenvalue weighted by Gasteiger charge is -2.36. The lowest BCUT2D eigenvalue weighted by Crippen LogP contribution is -2.46. The smallest absolute Gasteiger partial charge is 0.128 e. The van der Waals surface area contributed by atoms with Gasteiger partial charge in [0.05, 0.1) is 18.1 Å². The van der Waals surface area contributed by atoms with Crippen molar-refractivity contribution in [2.45, 2.75) is 12.1 Å². The molecule has 208 valence electrons. The highest BCUT2D eigenvalue weighted by Crippen LogP contribution is 2.33. The monoisotopic (exact) mass is 572 g/mol. The van der Waals surface area contributed by atoms with Gasteiger partial charge in [-0.1, -0.05) is 139 Å². The summed E-state index contributed by atoms with van der Waals surface area (Å²) in [6.07, 6.45) is 5.82. The van der Waals surface area contributed by atoms with Crippen LogP contribution in [-0.2, 0) is 5.16 Å². The van der Waals surface area contributed by atoms with Crippen LogP contribution >= 0.6 is 0 Å². The van der Waals surface area contributed by atoms with E-state index in [9.17, 15) is 0 Å². The first-order valence-electron chi connectivity index (χ1n) is 14.4. The van der Waals surface area contributed by atoms with E-state index in [4.69, 9.17) is 12.6 Å². The Kier molecular flexibility index (Phi) is 10.2. The van der Waals surface area contributed by atoms with E-state index in [2.05, 4.69) is 119 Å². The second kappa shape index (κ2) is 14.9. The topological polar surface area (TPSA) is 27.1 Å². The normalized spacial score (nSPS) is 10.7. The molecule has 0 aliphatic carbocycles. The Morgan fingerprint density at radius 1 is 0.744 bits per heavy atom. The Morgan fingerprint density at radius 3 is 1.74 bits per heavy atom. The van der Waals surface area contributed by atoms with Crippen LogP contribution in [0.4, 0.5) is 0 Å². The molecule has 0 N–H and O–H groups in total. The summed E-state index contributed by atoms with van der Waals surface area (Å²) in [7, 11) is 6.13. The van der Waals surface area contributed by atoms with Crippen LogP contribution in [-0.4, -0.2) is 33.5 Å². The Bertz CT molecular complexity index is 1610. The molecule has 0 bridgehead atoms. The van der Waals surface area contributed by atoms with Gasteiger partial charge in [0, 0.05) is 12.4 Å². The van der Waals surface area contributed by atoms with Crippen molar-refractivity contribution in [1.29, 1.82) is 0 Å². The van der Waals surface area contributed by atoms with Gasteiger partial charge in [-0.2, -0.15) is 0 Å². The third-order valence-electron chi connectivity index (χ3n) is 7.08. The summed E-state index contributed by atoms with van der Waals surface area (Å²) in [4.78, 5) is 4.37. The SMILES string of the molecule is CCOc1cccc([Si]C(c2ccccc2)(c2ccccc2)n2ccnc2)c1.[B]C=C(c1ccccc1)c1ccccc1. The van der Waals surface area contributed by atoms with Crippen LogP contribution in [0.3, 0.4) is 0 Å². The molecule has 0 saturated heterocycles. The van der Waals surface area contributed by atoms with Crippen LogP contribution in [0.15, 0.2) is 170 Å². The number of imidazole rings is 1. The average Bonchev–Trinajstić information content (AvgIpc) is 3.62. The number of nitrogens with zero attached hydrogens (tertiary/aromatic N) is 2. The van der Waals surface area contributed by atoms with Gasteiger partial charge in [-0.3, -0.25) is 0 Å². The maximum atomic E-state index is 5.75. The molecule has 3 nitrogen and oxygen atoms in total. The fraction of sp³-hybridized carbons (Fsp3) is 0.0789. The first kappa shape index (κ1) is 29.6. The van der Waals surface area contributed by atoms with Crippen LogP contribution < -0.4 is 9.92 Å². The first-order chi connectivity index (χ1) is 21.2. The summed E-state index contributed by atoms with van der Waals surface area (Å²) in [6, 6.07) is 50.1. The molecule has 0 atom stereocenters. The maximum Gasteiger partial charge on any atom is 0.128 e. The van der Waals surface area contributed by atoms with E-state index < -0.39 is 0 Å². The molecule has 43 heavy (non-hydrogen) atoms. The van der Waals surface area contributed by atoms with Gasteiger partial charge in [-0.15, -0.1) is 5.98 Å². The Morgan fingerprint density at radius 2 is 1.28 bits per heavy atom. The summed E-state index contributed by atoms with van der Waals surface area (Å²) < 4.78 is 7.97. The standard InChI is InChI=1S/C24H22N2OSi.C14H11B/c1-2-27-22-14-9-15-23(18-22)28-24(26-17-16-25-19-26,20-10-5-3-6-11-20)21-12-7-4-8-13-21;15-11-14(12-7-3-1-4-8-12)13-9-5-2-6-10-13/h3-19H,2H2,1H3;1-11H. The fourth-order valence-electron chi connectivity index (χ4n) is 5.12. The van der Waals surface area contributed by atoms with E-state index in [0.717, 1.165) is 22.4 Å². The Labute approximate surface area is 258 Å². The molecular formula is C38H33BN2OSi. The second-order valence-corrected chi connectivity index (χ2v) is 11.4. The van der Waals surface area contributed by atoms with Crippen LogP contribution in [0, 0.1) is 0 Å². The summed E-state index contributed by atoms with van der Waals surface area (Å²) in [6.45, 7) is 2.68. The molecule has 0 aliphatic rings. The first-order valence-corrected chi connectivity index (χ1v) is 15.4. The van der Waals surface area contributed by atoms with Crippen molar-refractivity contribution < 1.29 is 4.74 Å². The molecule has 0 saturated carbocycles.